The average Bonchev–Trinajstić information content (AvgIpc) is 2.59. The molecule has 0 fully saturated rings. The van der Waals surface area contributed by atoms with Crippen molar-refractivity contribution in [3.8, 4) is 0 Å². The normalized spacial score (nSPS) is 16.4. The number of rotatable bonds is 2. The van der Waals surface area contributed by atoms with E-state index in [1.165, 1.54) is 11.3 Å². The van der Waals surface area contributed by atoms with Crippen LogP contribution in [-0.4, -0.2) is 20.9 Å². The van der Waals surface area contributed by atoms with Crippen LogP contribution in [0.25, 0.3) is 0 Å². The molecule has 0 unspecified atom stereocenters. The summed E-state index contributed by atoms with van der Waals surface area (Å²) in [6.07, 6.45) is 2.00. The summed E-state index contributed by atoms with van der Waals surface area (Å²) in [6, 6.07) is 0.585. The van der Waals surface area contributed by atoms with Gasteiger partial charge in [0.1, 0.15) is 5.82 Å². The Morgan fingerprint density at radius 2 is 1.93 bits per heavy atom. The Labute approximate surface area is 91.5 Å². The molecule has 82 valence electrons. The van der Waals surface area contributed by atoms with Gasteiger partial charge in [-0.2, -0.15) is 0 Å². The molecule has 15 heavy (non-hydrogen) atoms. The highest BCUT2D eigenvalue weighted by Crippen LogP contribution is 2.23. The summed E-state index contributed by atoms with van der Waals surface area (Å²) in [7, 11) is 0. The third-order valence-corrected chi connectivity index (χ3v) is 2.95. The second kappa shape index (κ2) is 3.89. The molecule has 0 saturated carbocycles. The molecule has 1 aromatic heterocycles. The number of hydrogen-bond donors (Lipinski definition) is 0. The zero-order chi connectivity index (χ0) is 11.0. The van der Waals surface area contributed by atoms with Crippen LogP contribution < -0.4 is 0 Å². The van der Waals surface area contributed by atoms with Crippen LogP contribution in [0.15, 0.2) is 6.20 Å². The molecule has 0 saturated heterocycles. The molecule has 0 atom stereocenters. The van der Waals surface area contributed by atoms with E-state index in [0.29, 0.717) is 12.0 Å². The molecule has 0 spiro atoms. The highest BCUT2D eigenvalue weighted by molar-refractivity contribution is 5.22. The van der Waals surface area contributed by atoms with Gasteiger partial charge in [0.05, 0.1) is 5.69 Å². The first-order chi connectivity index (χ1) is 7.08. The molecule has 2 rings (SSSR count). The summed E-state index contributed by atoms with van der Waals surface area (Å²) < 4.78 is 0. The Balaban J connectivity index is 2.24. The maximum Gasteiger partial charge on any atom is 0.131 e. The van der Waals surface area contributed by atoms with Crippen molar-refractivity contribution in [2.75, 3.05) is 0 Å². The summed E-state index contributed by atoms with van der Waals surface area (Å²) in [5, 5.41) is 0. The van der Waals surface area contributed by atoms with Crippen LogP contribution in [0.2, 0.25) is 0 Å². The number of nitrogens with zero attached hydrogens (tertiary/aromatic N) is 3. The Bertz CT molecular complexity index is 358. The molecule has 1 aliphatic heterocycles. The van der Waals surface area contributed by atoms with Gasteiger partial charge in [0, 0.05) is 36.8 Å². The van der Waals surface area contributed by atoms with Gasteiger partial charge in [0.15, 0.2) is 0 Å². The first kappa shape index (κ1) is 10.6. The lowest BCUT2D eigenvalue weighted by molar-refractivity contribution is 0.226. The molecule has 0 radical (unpaired) electrons. The van der Waals surface area contributed by atoms with Crippen LogP contribution in [0.1, 0.15) is 50.7 Å². The predicted octanol–water partition coefficient (Wildman–Crippen LogP) is 2.32. The van der Waals surface area contributed by atoms with Crippen molar-refractivity contribution in [2.24, 2.45) is 0 Å². The first-order valence-electron chi connectivity index (χ1n) is 5.66. The minimum Gasteiger partial charge on any atom is -0.291 e. The predicted molar refractivity (Wildman–Crippen MR) is 60.5 cm³/mol. The second-order valence-electron chi connectivity index (χ2n) is 4.85. The monoisotopic (exact) mass is 205 g/mol. The Kier molecular flexibility index (Phi) is 2.74. The van der Waals surface area contributed by atoms with E-state index in [-0.39, 0.29) is 0 Å². The van der Waals surface area contributed by atoms with Crippen molar-refractivity contribution in [3.05, 3.63) is 23.3 Å². The van der Waals surface area contributed by atoms with Gasteiger partial charge in [0.25, 0.3) is 0 Å². The quantitative estimate of drug-likeness (QED) is 0.742. The fourth-order valence-electron chi connectivity index (χ4n) is 1.84. The molecule has 1 aromatic rings. The second-order valence-corrected chi connectivity index (χ2v) is 4.85. The van der Waals surface area contributed by atoms with Crippen LogP contribution >= 0.6 is 0 Å². The van der Waals surface area contributed by atoms with E-state index in [9.17, 15) is 0 Å². The number of aromatic nitrogens is 2. The summed E-state index contributed by atoms with van der Waals surface area (Å²) in [5.74, 6) is 1.39. The number of hydrogen-bond acceptors (Lipinski definition) is 3. The average molecular weight is 205 g/mol. The molecule has 3 heteroatoms. The SMILES string of the molecule is CC(C)c1ncc2c(n1)CN(C(C)C)C2. The van der Waals surface area contributed by atoms with E-state index < -0.39 is 0 Å². The Morgan fingerprint density at radius 3 is 2.53 bits per heavy atom. The van der Waals surface area contributed by atoms with Crippen LogP contribution in [0.4, 0.5) is 0 Å². The summed E-state index contributed by atoms with van der Waals surface area (Å²) in [5.41, 5.74) is 2.52. The van der Waals surface area contributed by atoms with Crippen LogP contribution in [-0.2, 0) is 13.1 Å². The van der Waals surface area contributed by atoms with Crippen LogP contribution in [0.3, 0.4) is 0 Å². The molecule has 1 aliphatic rings. The molecular formula is C12H19N3. The minimum atomic E-state index is 0.420. The van der Waals surface area contributed by atoms with E-state index in [1.54, 1.807) is 0 Å². The fourth-order valence-corrected chi connectivity index (χ4v) is 1.84. The van der Waals surface area contributed by atoms with Gasteiger partial charge in [-0.05, 0) is 13.8 Å². The lowest BCUT2D eigenvalue weighted by atomic mass is 10.2. The lowest BCUT2D eigenvalue weighted by Gasteiger charge is -2.18. The topological polar surface area (TPSA) is 29.0 Å². The molecule has 0 bridgehead atoms. The molecule has 0 aromatic carbocycles. The zero-order valence-corrected chi connectivity index (χ0v) is 9.99. The van der Waals surface area contributed by atoms with Gasteiger partial charge in [-0.1, -0.05) is 13.8 Å². The van der Waals surface area contributed by atoms with Gasteiger partial charge in [0.2, 0.25) is 0 Å². The maximum absolute atomic E-state index is 4.63. The summed E-state index contributed by atoms with van der Waals surface area (Å²) in [4.78, 5) is 11.5. The van der Waals surface area contributed by atoms with Crippen molar-refractivity contribution >= 4 is 0 Å². The largest absolute Gasteiger partial charge is 0.291 e. The summed E-state index contributed by atoms with van der Waals surface area (Å²) >= 11 is 0. The van der Waals surface area contributed by atoms with Crippen molar-refractivity contribution in [3.63, 3.8) is 0 Å². The van der Waals surface area contributed by atoms with Gasteiger partial charge >= 0.3 is 0 Å². The highest BCUT2D eigenvalue weighted by atomic mass is 15.2. The molecule has 0 N–H and O–H groups in total. The van der Waals surface area contributed by atoms with Crippen LogP contribution in [0, 0.1) is 0 Å². The van der Waals surface area contributed by atoms with E-state index in [0.717, 1.165) is 18.9 Å². The van der Waals surface area contributed by atoms with E-state index in [1.807, 2.05) is 6.20 Å². The summed E-state index contributed by atoms with van der Waals surface area (Å²) in [6.45, 7) is 10.7. The zero-order valence-electron chi connectivity index (χ0n) is 9.99. The van der Waals surface area contributed by atoms with Crippen molar-refractivity contribution in [1.82, 2.24) is 14.9 Å². The third-order valence-electron chi connectivity index (χ3n) is 2.95. The van der Waals surface area contributed by atoms with E-state index in [2.05, 4.69) is 42.6 Å². The molecule has 2 heterocycles. The number of fused-ring (bicyclic) bond motifs is 1. The minimum absolute atomic E-state index is 0.420. The third kappa shape index (κ3) is 2.02. The fraction of sp³-hybridized carbons (Fsp3) is 0.667. The van der Waals surface area contributed by atoms with Gasteiger partial charge < -0.3 is 0 Å². The lowest BCUT2D eigenvalue weighted by Crippen LogP contribution is -2.24. The molecule has 3 nitrogen and oxygen atoms in total. The van der Waals surface area contributed by atoms with E-state index >= 15 is 0 Å². The van der Waals surface area contributed by atoms with E-state index in [4.69, 9.17) is 0 Å². The van der Waals surface area contributed by atoms with Gasteiger partial charge in [-0.15, -0.1) is 0 Å². The molecule has 0 amide bonds. The maximum atomic E-state index is 4.63. The first-order valence-corrected chi connectivity index (χ1v) is 5.66. The van der Waals surface area contributed by atoms with Crippen molar-refractivity contribution in [1.29, 1.82) is 0 Å². The van der Waals surface area contributed by atoms with Crippen LogP contribution in [0.5, 0.6) is 0 Å². The molecular weight excluding hydrogens is 186 g/mol. The smallest absolute Gasteiger partial charge is 0.131 e. The Morgan fingerprint density at radius 1 is 1.20 bits per heavy atom. The Hall–Kier alpha value is -0.960. The van der Waals surface area contributed by atoms with Gasteiger partial charge in [-0.25, -0.2) is 9.97 Å². The van der Waals surface area contributed by atoms with Crippen molar-refractivity contribution < 1.29 is 0 Å². The highest BCUT2D eigenvalue weighted by Gasteiger charge is 2.23. The standard InChI is InChI=1S/C12H19N3/c1-8(2)12-13-5-10-6-15(9(3)4)7-11(10)14-12/h5,8-9H,6-7H2,1-4H3. The van der Waals surface area contributed by atoms with Gasteiger partial charge in [-0.3, -0.25) is 4.90 Å². The van der Waals surface area contributed by atoms with Crippen molar-refractivity contribution in [2.45, 2.75) is 52.7 Å². The molecule has 0 aliphatic carbocycles.